The van der Waals surface area contributed by atoms with Gasteiger partial charge in [0.2, 0.25) is 0 Å². The number of carbonyl (C=O) groups excluding carboxylic acids is 1. The molecule has 0 aliphatic carbocycles. The number of piperazine rings is 1. The van der Waals surface area contributed by atoms with Gasteiger partial charge < -0.3 is 15.0 Å². The summed E-state index contributed by atoms with van der Waals surface area (Å²) in [4.78, 5) is 30.4. The van der Waals surface area contributed by atoms with Gasteiger partial charge in [0.1, 0.15) is 29.4 Å². The number of carbonyl (C=O) groups is 1. The summed E-state index contributed by atoms with van der Waals surface area (Å²) >= 11 is 0. The fourth-order valence-electron chi connectivity index (χ4n) is 3.11. The molecule has 1 amide bonds. The van der Waals surface area contributed by atoms with Gasteiger partial charge in [-0.25, -0.2) is 28.5 Å². The van der Waals surface area contributed by atoms with Crippen LogP contribution in [0.3, 0.4) is 0 Å². The van der Waals surface area contributed by atoms with Crippen LogP contribution in [-0.4, -0.2) is 58.1 Å². The lowest BCUT2D eigenvalue weighted by molar-refractivity contribution is -0.0985. The highest BCUT2D eigenvalue weighted by Gasteiger charge is 2.45. The monoisotopic (exact) mass is 377 g/mol. The third-order valence-electron chi connectivity index (χ3n) is 4.36. The summed E-state index contributed by atoms with van der Waals surface area (Å²) < 4.78 is 33.1. The molecule has 0 aromatic carbocycles. The van der Waals surface area contributed by atoms with Crippen molar-refractivity contribution in [1.82, 2.24) is 25.3 Å². The third-order valence-corrected chi connectivity index (χ3v) is 4.36. The first-order valence-electron chi connectivity index (χ1n) is 8.42. The minimum absolute atomic E-state index is 0.0165. The van der Waals surface area contributed by atoms with Gasteiger partial charge in [-0.1, -0.05) is 0 Å². The first-order chi connectivity index (χ1) is 12.9. The van der Waals surface area contributed by atoms with E-state index in [4.69, 9.17) is 4.74 Å². The van der Waals surface area contributed by atoms with Crippen LogP contribution in [0.1, 0.15) is 18.6 Å². The van der Waals surface area contributed by atoms with E-state index in [1.807, 2.05) is 4.90 Å². The summed E-state index contributed by atoms with van der Waals surface area (Å²) in [7, 11) is 0. The maximum absolute atomic E-state index is 14.1. The van der Waals surface area contributed by atoms with Gasteiger partial charge >= 0.3 is 6.09 Å². The van der Waals surface area contributed by atoms with Gasteiger partial charge in [-0.3, -0.25) is 10.3 Å². The van der Waals surface area contributed by atoms with Crippen LogP contribution < -0.4 is 15.5 Å². The first-order valence-corrected chi connectivity index (χ1v) is 8.42. The number of hydrogen-bond donors (Lipinski definition) is 2. The lowest BCUT2D eigenvalue weighted by Crippen LogP contribution is -2.44. The van der Waals surface area contributed by atoms with Crippen LogP contribution in [0, 0.1) is 0 Å². The maximum atomic E-state index is 14.1. The number of cyclic esters (lactones) is 1. The van der Waals surface area contributed by atoms with Gasteiger partial charge in [-0.2, -0.15) is 0 Å². The van der Waals surface area contributed by atoms with Crippen LogP contribution in [0.25, 0.3) is 11.4 Å². The zero-order chi connectivity index (χ0) is 19.0. The highest BCUT2D eigenvalue weighted by Crippen LogP contribution is 2.43. The molecule has 2 aromatic rings. The number of hydrogen-bond acceptors (Lipinski definition) is 8. The Hall–Kier alpha value is -2.95. The van der Waals surface area contributed by atoms with Gasteiger partial charge in [-0.05, 0) is 0 Å². The van der Waals surface area contributed by atoms with Gasteiger partial charge in [0.05, 0.1) is 18.0 Å². The molecule has 4 heterocycles. The fraction of sp³-hybridized carbons (Fsp3) is 0.438. The molecule has 1 atom stereocenters. The van der Waals surface area contributed by atoms with E-state index in [-0.39, 0.29) is 17.1 Å². The van der Waals surface area contributed by atoms with Crippen molar-refractivity contribution in [3.63, 3.8) is 0 Å². The van der Waals surface area contributed by atoms with Crippen molar-refractivity contribution >= 4 is 17.7 Å². The number of amides is 1. The first kappa shape index (κ1) is 17.5. The normalized spacial score (nSPS) is 19.9. The van der Waals surface area contributed by atoms with E-state index in [2.05, 4.69) is 30.6 Å². The molecule has 2 aromatic heterocycles. The average molecular weight is 377 g/mol. The van der Waals surface area contributed by atoms with Gasteiger partial charge in [0.25, 0.3) is 5.92 Å². The van der Waals surface area contributed by atoms with Crippen LogP contribution in [0.15, 0.2) is 18.7 Å². The Kier molecular flexibility index (Phi) is 4.30. The maximum Gasteiger partial charge on any atom is 0.413 e. The van der Waals surface area contributed by atoms with Crippen molar-refractivity contribution in [3.05, 3.63) is 24.3 Å². The Morgan fingerprint density at radius 2 is 2.04 bits per heavy atom. The summed E-state index contributed by atoms with van der Waals surface area (Å²) in [5.41, 5.74) is 0.436. The molecule has 0 saturated carbocycles. The van der Waals surface area contributed by atoms with E-state index < -0.39 is 18.1 Å². The van der Waals surface area contributed by atoms with Gasteiger partial charge in [0.15, 0.2) is 6.10 Å². The van der Waals surface area contributed by atoms with E-state index in [1.165, 1.54) is 12.5 Å². The van der Waals surface area contributed by atoms with Crippen molar-refractivity contribution in [2.24, 2.45) is 0 Å². The molecule has 9 nitrogen and oxygen atoms in total. The smallest absolute Gasteiger partial charge is 0.413 e. The van der Waals surface area contributed by atoms with E-state index >= 15 is 0 Å². The molecule has 2 aliphatic rings. The van der Waals surface area contributed by atoms with Crippen LogP contribution in [0.2, 0.25) is 0 Å². The van der Waals surface area contributed by atoms with Crippen molar-refractivity contribution in [3.8, 4) is 11.4 Å². The van der Waals surface area contributed by atoms with Crippen LogP contribution >= 0.6 is 0 Å². The number of alkyl halides is 2. The highest BCUT2D eigenvalue weighted by atomic mass is 19.3. The van der Waals surface area contributed by atoms with Crippen LogP contribution in [0.5, 0.6) is 0 Å². The Labute approximate surface area is 153 Å². The molecular formula is C16H17F2N7O2. The molecular weight excluding hydrogens is 360 g/mol. The molecule has 27 heavy (non-hydrogen) atoms. The Morgan fingerprint density at radius 1 is 1.26 bits per heavy atom. The molecule has 2 aliphatic heterocycles. The minimum Gasteiger partial charge on any atom is -0.434 e. The predicted octanol–water partition coefficient (Wildman–Crippen LogP) is 1.60. The van der Waals surface area contributed by atoms with E-state index in [0.717, 1.165) is 26.2 Å². The molecule has 0 spiro atoms. The minimum atomic E-state index is -3.32. The third kappa shape index (κ3) is 3.37. The number of aromatic nitrogens is 4. The second-order valence-corrected chi connectivity index (χ2v) is 6.35. The molecule has 1 saturated heterocycles. The number of nitrogens with one attached hydrogen (secondary N) is 2. The quantitative estimate of drug-likeness (QED) is 0.831. The molecule has 0 radical (unpaired) electrons. The largest absolute Gasteiger partial charge is 0.434 e. The highest BCUT2D eigenvalue weighted by molar-refractivity contribution is 5.88. The second-order valence-electron chi connectivity index (χ2n) is 6.35. The van der Waals surface area contributed by atoms with E-state index in [9.17, 15) is 13.6 Å². The molecule has 142 valence electrons. The Morgan fingerprint density at radius 3 is 2.78 bits per heavy atom. The van der Waals surface area contributed by atoms with Gasteiger partial charge in [0, 0.05) is 33.1 Å². The number of nitrogens with zero attached hydrogens (tertiary/aromatic N) is 5. The van der Waals surface area contributed by atoms with Crippen LogP contribution in [0.4, 0.5) is 25.2 Å². The predicted molar refractivity (Wildman–Crippen MR) is 91.6 cm³/mol. The number of rotatable bonds is 3. The molecule has 4 rings (SSSR count). The molecule has 0 bridgehead atoms. The molecule has 2 N–H and O–H groups in total. The van der Waals surface area contributed by atoms with Crippen LogP contribution in [-0.2, 0) is 4.74 Å². The van der Waals surface area contributed by atoms with Gasteiger partial charge in [-0.15, -0.1) is 0 Å². The average Bonchev–Trinajstić information content (AvgIpc) is 2.67. The Balaban J connectivity index is 1.79. The SMILES string of the molecule is CC(F)(F)[C@@H]1OC(=O)Nc2ncnc(-c3cncc(N4CCNCC4)n3)c21. The molecule has 1 fully saturated rings. The Bertz CT molecular complexity index is 868. The zero-order valence-corrected chi connectivity index (χ0v) is 14.4. The summed E-state index contributed by atoms with van der Waals surface area (Å²) in [5, 5.41) is 5.59. The summed E-state index contributed by atoms with van der Waals surface area (Å²) in [6.45, 7) is 3.83. The topological polar surface area (TPSA) is 105 Å². The fourth-order valence-corrected chi connectivity index (χ4v) is 3.11. The number of anilines is 2. The standard InChI is InChI=1S/C16H17F2N7O2/c1-16(17,18)13-11-12(21-8-22-14(11)24-15(26)27-13)9-6-20-7-10(23-9)25-4-2-19-3-5-25/h6-8,13,19H,2-5H2,1H3,(H,21,22,24,26)/t13-/m1/s1. The van der Waals surface area contributed by atoms with Crippen molar-refractivity contribution in [2.45, 2.75) is 19.0 Å². The number of ether oxygens (including phenoxy) is 1. The van der Waals surface area contributed by atoms with E-state index in [1.54, 1.807) is 6.20 Å². The number of fused-ring (bicyclic) bond motifs is 1. The summed E-state index contributed by atoms with van der Waals surface area (Å²) in [6.07, 6.45) is 1.44. The van der Waals surface area contributed by atoms with Crippen molar-refractivity contribution in [1.29, 1.82) is 0 Å². The second kappa shape index (κ2) is 6.65. The molecule has 0 unspecified atom stereocenters. The molecule has 11 heteroatoms. The van der Waals surface area contributed by atoms with Crippen molar-refractivity contribution in [2.75, 3.05) is 36.4 Å². The lowest BCUT2D eigenvalue weighted by Gasteiger charge is -2.30. The summed E-state index contributed by atoms with van der Waals surface area (Å²) in [6, 6.07) is 0. The van der Waals surface area contributed by atoms with E-state index in [0.29, 0.717) is 18.4 Å². The zero-order valence-electron chi connectivity index (χ0n) is 14.4. The lowest BCUT2D eigenvalue weighted by atomic mass is 10.0. The number of halogens is 2. The summed E-state index contributed by atoms with van der Waals surface area (Å²) in [5.74, 6) is -2.71. The van der Waals surface area contributed by atoms with Crippen molar-refractivity contribution < 1.29 is 18.3 Å².